The summed E-state index contributed by atoms with van der Waals surface area (Å²) in [6.45, 7) is 1.12. The SMILES string of the molecule is O=C(C1CC1)C(c1ccccc1F)N1CCC(SS(=O)(=O)c2ccc(Cl)cc2)CC1. The van der Waals surface area contributed by atoms with E-state index >= 15 is 0 Å². The summed E-state index contributed by atoms with van der Waals surface area (Å²) < 4.78 is 39.9. The lowest BCUT2D eigenvalue weighted by molar-refractivity contribution is -0.126. The van der Waals surface area contributed by atoms with Crippen molar-refractivity contribution in [2.45, 2.75) is 41.9 Å². The smallest absolute Gasteiger partial charge is 0.230 e. The van der Waals surface area contributed by atoms with Gasteiger partial charge in [-0.25, -0.2) is 12.8 Å². The number of carbonyl (C=O) groups is 1. The van der Waals surface area contributed by atoms with Crippen LogP contribution >= 0.6 is 22.4 Å². The Morgan fingerprint density at radius 1 is 1.03 bits per heavy atom. The molecule has 1 aliphatic carbocycles. The number of carbonyl (C=O) groups excluding carboxylic acids is 1. The number of benzene rings is 2. The molecule has 160 valence electrons. The minimum absolute atomic E-state index is 0.0204. The third kappa shape index (κ3) is 4.90. The zero-order valence-corrected chi connectivity index (χ0v) is 18.7. The average molecular weight is 468 g/mol. The van der Waals surface area contributed by atoms with Crippen molar-refractivity contribution in [3.63, 3.8) is 0 Å². The maximum absolute atomic E-state index is 14.5. The van der Waals surface area contributed by atoms with Crippen molar-refractivity contribution in [1.29, 1.82) is 0 Å². The Hall–Kier alpha value is -1.41. The van der Waals surface area contributed by atoms with E-state index in [9.17, 15) is 17.6 Å². The second kappa shape index (κ2) is 8.99. The first-order valence-electron chi connectivity index (χ1n) is 10.1. The normalized spacial score (nSPS) is 19.5. The molecule has 8 heteroatoms. The van der Waals surface area contributed by atoms with Gasteiger partial charge in [0.25, 0.3) is 0 Å². The van der Waals surface area contributed by atoms with Gasteiger partial charge in [0.1, 0.15) is 5.82 Å². The third-order valence-corrected chi connectivity index (χ3v) is 9.91. The Morgan fingerprint density at radius 3 is 2.27 bits per heavy atom. The molecule has 1 atom stereocenters. The van der Waals surface area contributed by atoms with E-state index in [1.54, 1.807) is 30.3 Å². The molecule has 1 saturated heterocycles. The fraction of sp³-hybridized carbons (Fsp3) is 0.409. The lowest BCUT2D eigenvalue weighted by atomic mass is 9.95. The second-order valence-corrected chi connectivity index (χ2v) is 12.4. The van der Waals surface area contributed by atoms with Gasteiger partial charge in [0.05, 0.1) is 10.9 Å². The Labute approximate surface area is 185 Å². The predicted octanol–water partition coefficient (Wildman–Crippen LogP) is 5.09. The van der Waals surface area contributed by atoms with E-state index in [1.807, 2.05) is 4.90 Å². The maximum Gasteiger partial charge on any atom is 0.230 e. The number of hydrogen-bond donors (Lipinski definition) is 0. The topological polar surface area (TPSA) is 54.5 Å². The number of nitrogens with zero attached hydrogens (tertiary/aromatic N) is 1. The number of ketones is 1. The van der Waals surface area contributed by atoms with Crippen LogP contribution in [-0.4, -0.2) is 37.4 Å². The van der Waals surface area contributed by atoms with Crippen LogP contribution in [0.2, 0.25) is 5.02 Å². The molecule has 30 heavy (non-hydrogen) atoms. The van der Waals surface area contributed by atoms with E-state index in [1.165, 1.54) is 18.2 Å². The molecule has 2 aromatic carbocycles. The van der Waals surface area contributed by atoms with Gasteiger partial charge in [0, 0.05) is 34.8 Å². The molecule has 1 heterocycles. The largest absolute Gasteiger partial charge is 0.297 e. The average Bonchev–Trinajstić information content (AvgIpc) is 3.56. The Bertz CT molecular complexity index is 1020. The number of halogens is 2. The number of likely N-dealkylation sites (tertiary alicyclic amines) is 1. The molecule has 0 N–H and O–H groups in total. The zero-order valence-electron chi connectivity index (χ0n) is 16.3. The molecule has 4 nitrogen and oxygen atoms in total. The second-order valence-electron chi connectivity index (χ2n) is 7.84. The van der Waals surface area contributed by atoms with Gasteiger partial charge in [0.15, 0.2) is 5.78 Å². The predicted molar refractivity (Wildman–Crippen MR) is 118 cm³/mol. The summed E-state index contributed by atoms with van der Waals surface area (Å²) in [4.78, 5) is 15.2. The van der Waals surface area contributed by atoms with Crippen LogP contribution < -0.4 is 0 Å². The van der Waals surface area contributed by atoms with Crippen LogP contribution in [0, 0.1) is 11.7 Å². The van der Waals surface area contributed by atoms with E-state index in [0.29, 0.717) is 36.5 Å². The molecular weight excluding hydrogens is 445 g/mol. The summed E-state index contributed by atoms with van der Waals surface area (Å²) >= 11 is 5.85. The molecule has 0 amide bonds. The van der Waals surface area contributed by atoms with Gasteiger partial charge < -0.3 is 0 Å². The van der Waals surface area contributed by atoms with Crippen LogP contribution in [0.15, 0.2) is 53.4 Å². The van der Waals surface area contributed by atoms with Crippen molar-refractivity contribution in [3.8, 4) is 0 Å². The van der Waals surface area contributed by atoms with Gasteiger partial charge in [-0.2, -0.15) is 0 Å². The quantitative estimate of drug-likeness (QED) is 0.531. The summed E-state index contributed by atoms with van der Waals surface area (Å²) in [7, 11) is -2.52. The summed E-state index contributed by atoms with van der Waals surface area (Å²) in [5, 5.41) is 0.422. The first-order valence-corrected chi connectivity index (χ1v) is 13.3. The van der Waals surface area contributed by atoms with Crippen LogP contribution in [0.3, 0.4) is 0 Å². The van der Waals surface area contributed by atoms with Crippen molar-refractivity contribution in [1.82, 2.24) is 4.90 Å². The van der Waals surface area contributed by atoms with E-state index in [2.05, 4.69) is 0 Å². The molecule has 0 aromatic heterocycles. The van der Waals surface area contributed by atoms with Crippen molar-refractivity contribution in [3.05, 3.63) is 64.9 Å². The van der Waals surface area contributed by atoms with Crippen LogP contribution in [0.1, 0.15) is 37.3 Å². The number of rotatable bonds is 7. The maximum atomic E-state index is 14.5. The van der Waals surface area contributed by atoms with Crippen LogP contribution in [0.4, 0.5) is 4.39 Å². The molecular formula is C22H23ClFNO3S2. The monoisotopic (exact) mass is 467 g/mol. The van der Waals surface area contributed by atoms with E-state index in [-0.39, 0.29) is 27.7 Å². The standard InChI is InChI=1S/C22H23ClFNO3S2/c23-16-7-9-18(10-8-16)30(27,28)29-17-11-13-25(14-12-17)21(22(26)15-5-6-15)19-3-1-2-4-20(19)24/h1-4,7-10,15,17,21H,5-6,11-14H2. The number of piperidine rings is 1. The first kappa shape index (κ1) is 21.8. The highest BCUT2D eigenvalue weighted by molar-refractivity contribution is 8.72. The molecule has 0 radical (unpaired) electrons. The van der Waals surface area contributed by atoms with Gasteiger partial charge in [-0.05, 0) is 66.8 Å². The Kier molecular flexibility index (Phi) is 6.53. The summed E-state index contributed by atoms with van der Waals surface area (Å²) in [5.41, 5.74) is 0.425. The minimum atomic E-state index is -3.48. The Balaban J connectivity index is 1.45. The molecule has 4 rings (SSSR count). The number of Topliss-reactive ketones (excluding diaryl/α,β-unsaturated/α-hetero) is 1. The highest BCUT2D eigenvalue weighted by Crippen LogP contribution is 2.40. The lowest BCUT2D eigenvalue weighted by Gasteiger charge is -2.36. The van der Waals surface area contributed by atoms with Gasteiger partial charge in [-0.15, -0.1) is 0 Å². The molecule has 2 aliphatic rings. The minimum Gasteiger partial charge on any atom is -0.297 e. The molecule has 1 aliphatic heterocycles. The van der Waals surface area contributed by atoms with Crippen LogP contribution in [0.5, 0.6) is 0 Å². The lowest BCUT2D eigenvalue weighted by Crippen LogP contribution is -2.42. The number of hydrogen-bond acceptors (Lipinski definition) is 5. The van der Waals surface area contributed by atoms with Gasteiger partial charge in [0.2, 0.25) is 8.87 Å². The van der Waals surface area contributed by atoms with E-state index in [0.717, 1.165) is 23.6 Å². The summed E-state index contributed by atoms with van der Waals surface area (Å²) in [5.74, 6) is -0.259. The van der Waals surface area contributed by atoms with Gasteiger partial charge >= 0.3 is 0 Å². The van der Waals surface area contributed by atoms with Crippen molar-refractivity contribution < 1.29 is 17.6 Å². The molecule has 2 aromatic rings. The molecule has 0 spiro atoms. The van der Waals surface area contributed by atoms with Crippen LogP contribution in [-0.2, 0) is 13.7 Å². The molecule has 1 saturated carbocycles. The zero-order chi connectivity index (χ0) is 21.3. The molecule has 2 fully saturated rings. The first-order chi connectivity index (χ1) is 14.3. The fourth-order valence-corrected chi connectivity index (χ4v) is 7.67. The van der Waals surface area contributed by atoms with Gasteiger partial charge in [-0.1, -0.05) is 29.8 Å². The summed E-state index contributed by atoms with van der Waals surface area (Å²) in [6.07, 6.45) is 2.99. The fourth-order valence-electron chi connectivity index (χ4n) is 3.88. The third-order valence-electron chi connectivity index (χ3n) is 5.66. The van der Waals surface area contributed by atoms with E-state index in [4.69, 9.17) is 11.6 Å². The Morgan fingerprint density at radius 2 is 1.67 bits per heavy atom. The van der Waals surface area contributed by atoms with Crippen molar-refractivity contribution >= 4 is 37.0 Å². The molecule has 1 unspecified atom stereocenters. The van der Waals surface area contributed by atoms with Crippen molar-refractivity contribution in [2.24, 2.45) is 5.92 Å². The summed E-state index contributed by atoms with van der Waals surface area (Å²) in [6, 6.07) is 12.0. The van der Waals surface area contributed by atoms with E-state index < -0.39 is 14.9 Å². The van der Waals surface area contributed by atoms with Crippen molar-refractivity contribution in [2.75, 3.05) is 13.1 Å². The van der Waals surface area contributed by atoms with Crippen LogP contribution in [0.25, 0.3) is 0 Å². The highest BCUT2D eigenvalue weighted by atomic mass is 35.5. The highest BCUT2D eigenvalue weighted by Gasteiger charge is 2.40. The van der Waals surface area contributed by atoms with Gasteiger partial charge in [-0.3, -0.25) is 9.69 Å². The molecule has 0 bridgehead atoms.